The van der Waals surface area contributed by atoms with Crippen molar-refractivity contribution >= 4 is 28.3 Å². The number of likely N-dealkylation sites (tertiary alicyclic amines) is 1. The molecule has 3 aromatic rings. The molecule has 5 rings (SSSR count). The third-order valence-electron chi connectivity index (χ3n) is 5.76. The average molecular weight is 373 g/mol. The van der Waals surface area contributed by atoms with Gasteiger partial charge in [-0.15, -0.1) is 0 Å². The molecule has 1 fully saturated rings. The molecule has 5 heteroatoms. The molecule has 1 amide bonds. The molecule has 0 N–H and O–H groups in total. The number of hydrogen-bond acceptors (Lipinski definition) is 4. The van der Waals surface area contributed by atoms with Crippen LogP contribution in [-0.2, 0) is 6.42 Å². The molecule has 2 aliphatic heterocycles. The summed E-state index contributed by atoms with van der Waals surface area (Å²) in [5.74, 6) is 1.95. The van der Waals surface area contributed by atoms with Gasteiger partial charge in [0, 0.05) is 42.3 Å². The minimum absolute atomic E-state index is 0.141. The number of carbonyl (C=O) groups is 1. The lowest BCUT2D eigenvalue weighted by atomic mass is 10.1. The molecule has 142 valence electrons. The summed E-state index contributed by atoms with van der Waals surface area (Å²) in [5, 5.41) is 1.13. The minimum atomic E-state index is 0.141. The van der Waals surface area contributed by atoms with Crippen molar-refractivity contribution in [1.82, 2.24) is 9.88 Å². The van der Waals surface area contributed by atoms with Gasteiger partial charge in [0.15, 0.2) is 0 Å². The largest absolute Gasteiger partial charge is 0.497 e. The first-order chi connectivity index (χ1) is 13.7. The molecule has 28 heavy (non-hydrogen) atoms. The highest BCUT2D eigenvalue weighted by Crippen LogP contribution is 2.35. The number of pyridine rings is 1. The van der Waals surface area contributed by atoms with Crippen molar-refractivity contribution < 1.29 is 9.53 Å². The molecule has 2 aromatic carbocycles. The maximum Gasteiger partial charge on any atom is 0.253 e. The highest BCUT2D eigenvalue weighted by molar-refractivity contribution is 5.95. The van der Waals surface area contributed by atoms with Crippen LogP contribution in [0.4, 0.5) is 11.5 Å². The van der Waals surface area contributed by atoms with E-state index in [1.54, 1.807) is 7.11 Å². The maximum atomic E-state index is 12.6. The van der Waals surface area contributed by atoms with Gasteiger partial charge in [-0.25, -0.2) is 4.98 Å². The topological polar surface area (TPSA) is 45.7 Å². The Labute approximate surface area is 164 Å². The van der Waals surface area contributed by atoms with E-state index in [0.29, 0.717) is 0 Å². The minimum Gasteiger partial charge on any atom is -0.497 e. The molecule has 5 nitrogen and oxygen atoms in total. The van der Waals surface area contributed by atoms with Crippen LogP contribution in [0.3, 0.4) is 0 Å². The smallest absolute Gasteiger partial charge is 0.253 e. The first kappa shape index (κ1) is 17.0. The van der Waals surface area contributed by atoms with Crippen molar-refractivity contribution in [3.8, 4) is 5.75 Å². The summed E-state index contributed by atoms with van der Waals surface area (Å²) < 4.78 is 5.34. The number of aromatic nitrogens is 1. The third-order valence-corrected chi connectivity index (χ3v) is 5.76. The standard InChI is InChI=1S/C23H23N3O2/c1-28-20-9-6-17-14-18-10-13-26(22(18)24-21(17)15-20)19-7-4-16(5-8-19)23(27)25-11-2-3-12-25/h4-9,14-15H,2-3,10-13H2,1H3. The molecule has 1 saturated heterocycles. The van der Waals surface area contributed by atoms with Crippen molar-refractivity contribution in [1.29, 1.82) is 0 Å². The normalized spacial score (nSPS) is 15.9. The molecule has 0 radical (unpaired) electrons. The van der Waals surface area contributed by atoms with Crippen LogP contribution in [0.1, 0.15) is 28.8 Å². The van der Waals surface area contributed by atoms with Gasteiger partial charge in [0.1, 0.15) is 11.6 Å². The van der Waals surface area contributed by atoms with Crippen molar-refractivity contribution in [2.24, 2.45) is 0 Å². The predicted molar refractivity (Wildman–Crippen MR) is 111 cm³/mol. The van der Waals surface area contributed by atoms with Gasteiger partial charge in [0.25, 0.3) is 5.91 Å². The molecule has 1 aromatic heterocycles. The fourth-order valence-electron chi connectivity index (χ4n) is 4.20. The monoisotopic (exact) mass is 373 g/mol. The average Bonchev–Trinajstić information content (AvgIpc) is 3.41. The first-order valence-corrected chi connectivity index (χ1v) is 9.87. The predicted octanol–water partition coefficient (Wildman–Crippen LogP) is 4.17. The Bertz CT molecular complexity index is 1040. The molecule has 2 aliphatic rings. The lowest BCUT2D eigenvalue weighted by molar-refractivity contribution is 0.0793. The summed E-state index contributed by atoms with van der Waals surface area (Å²) in [6.45, 7) is 2.65. The Morgan fingerprint density at radius 1 is 1.00 bits per heavy atom. The zero-order valence-corrected chi connectivity index (χ0v) is 16.0. The Kier molecular flexibility index (Phi) is 4.15. The number of carbonyl (C=O) groups excluding carboxylic acids is 1. The quantitative estimate of drug-likeness (QED) is 0.691. The number of hydrogen-bond donors (Lipinski definition) is 0. The van der Waals surface area contributed by atoms with E-state index in [1.165, 1.54) is 5.56 Å². The van der Waals surface area contributed by atoms with E-state index >= 15 is 0 Å². The van der Waals surface area contributed by atoms with Gasteiger partial charge in [0.05, 0.1) is 12.6 Å². The molecule has 0 aliphatic carbocycles. The van der Waals surface area contributed by atoms with Gasteiger partial charge >= 0.3 is 0 Å². The summed E-state index contributed by atoms with van der Waals surface area (Å²) in [5.41, 5.74) is 4.04. The van der Waals surface area contributed by atoms with Crippen LogP contribution in [0.25, 0.3) is 10.9 Å². The number of amides is 1. The van der Waals surface area contributed by atoms with E-state index in [1.807, 2.05) is 41.3 Å². The van der Waals surface area contributed by atoms with Crippen molar-refractivity contribution in [3.63, 3.8) is 0 Å². The van der Waals surface area contributed by atoms with Gasteiger partial charge in [-0.05, 0) is 67.3 Å². The second-order valence-electron chi connectivity index (χ2n) is 7.48. The van der Waals surface area contributed by atoms with Crippen molar-refractivity contribution in [3.05, 3.63) is 59.7 Å². The number of ether oxygens (including phenoxy) is 1. The molecule has 0 spiro atoms. The Morgan fingerprint density at radius 3 is 2.54 bits per heavy atom. The molecule has 0 unspecified atom stereocenters. The van der Waals surface area contributed by atoms with Gasteiger partial charge in [-0.2, -0.15) is 0 Å². The molecular formula is C23H23N3O2. The van der Waals surface area contributed by atoms with Crippen LogP contribution < -0.4 is 9.64 Å². The second kappa shape index (κ2) is 6.82. The van der Waals surface area contributed by atoms with Gasteiger partial charge in [-0.1, -0.05) is 0 Å². The highest BCUT2D eigenvalue weighted by Gasteiger charge is 2.24. The van der Waals surface area contributed by atoms with Crippen LogP contribution >= 0.6 is 0 Å². The number of fused-ring (bicyclic) bond motifs is 2. The fourth-order valence-corrected chi connectivity index (χ4v) is 4.20. The van der Waals surface area contributed by atoms with Gasteiger partial charge in [-0.3, -0.25) is 4.79 Å². The number of rotatable bonds is 3. The van der Waals surface area contributed by atoms with Crippen LogP contribution in [0.2, 0.25) is 0 Å². The number of methoxy groups -OCH3 is 1. The summed E-state index contributed by atoms with van der Waals surface area (Å²) in [6.07, 6.45) is 3.19. The van der Waals surface area contributed by atoms with E-state index in [2.05, 4.69) is 17.0 Å². The number of anilines is 2. The Balaban J connectivity index is 1.45. The van der Waals surface area contributed by atoms with E-state index in [9.17, 15) is 4.79 Å². The maximum absolute atomic E-state index is 12.6. The van der Waals surface area contributed by atoms with Crippen molar-refractivity contribution in [2.45, 2.75) is 19.3 Å². The van der Waals surface area contributed by atoms with Crippen LogP contribution in [0.15, 0.2) is 48.5 Å². The fraction of sp³-hybridized carbons (Fsp3) is 0.304. The lowest BCUT2D eigenvalue weighted by Gasteiger charge is -2.20. The summed E-state index contributed by atoms with van der Waals surface area (Å²) in [6, 6.07) is 16.2. The molecule has 3 heterocycles. The van der Waals surface area contributed by atoms with Gasteiger partial charge in [0.2, 0.25) is 0 Å². The summed E-state index contributed by atoms with van der Waals surface area (Å²) >= 11 is 0. The first-order valence-electron chi connectivity index (χ1n) is 9.87. The second-order valence-corrected chi connectivity index (χ2v) is 7.48. The third kappa shape index (κ3) is 2.87. The molecule has 0 atom stereocenters. The molecule has 0 saturated carbocycles. The van der Waals surface area contributed by atoms with Gasteiger partial charge < -0.3 is 14.5 Å². The summed E-state index contributed by atoms with van der Waals surface area (Å²) in [7, 11) is 1.67. The van der Waals surface area contributed by atoms with Crippen LogP contribution in [0.5, 0.6) is 5.75 Å². The van der Waals surface area contributed by atoms with Crippen molar-refractivity contribution in [2.75, 3.05) is 31.6 Å². The highest BCUT2D eigenvalue weighted by atomic mass is 16.5. The van der Waals surface area contributed by atoms with Crippen LogP contribution in [-0.4, -0.2) is 42.5 Å². The molecular weight excluding hydrogens is 350 g/mol. The van der Waals surface area contributed by atoms with E-state index < -0.39 is 0 Å². The molecule has 0 bridgehead atoms. The number of nitrogens with zero attached hydrogens (tertiary/aromatic N) is 3. The zero-order chi connectivity index (χ0) is 19.1. The zero-order valence-electron chi connectivity index (χ0n) is 16.0. The SMILES string of the molecule is COc1ccc2cc3c(nc2c1)N(c1ccc(C(=O)N2CCCC2)cc1)CC3. The Hall–Kier alpha value is -3.08. The van der Waals surface area contributed by atoms with E-state index in [0.717, 1.165) is 72.6 Å². The summed E-state index contributed by atoms with van der Waals surface area (Å²) in [4.78, 5) is 21.7. The number of benzene rings is 2. The van der Waals surface area contributed by atoms with E-state index in [-0.39, 0.29) is 5.91 Å². The Morgan fingerprint density at radius 2 is 1.79 bits per heavy atom. The van der Waals surface area contributed by atoms with Crippen LogP contribution in [0, 0.1) is 0 Å². The van der Waals surface area contributed by atoms with E-state index in [4.69, 9.17) is 9.72 Å². The lowest BCUT2D eigenvalue weighted by Crippen LogP contribution is -2.27.